The van der Waals surface area contributed by atoms with Gasteiger partial charge in [-0.25, -0.2) is 0 Å². The first kappa shape index (κ1) is 18.5. The number of hydrogen-bond donors (Lipinski definition) is 2. The number of pyridine rings is 1. The van der Waals surface area contributed by atoms with Crippen molar-refractivity contribution in [2.45, 2.75) is 19.4 Å². The zero-order chi connectivity index (χ0) is 17.3. The predicted molar refractivity (Wildman–Crippen MR) is 95.6 cm³/mol. The van der Waals surface area contributed by atoms with E-state index in [9.17, 15) is 0 Å². The monoisotopic (exact) mass is 335 g/mol. The second-order valence-corrected chi connectivity index (χ2v) is 6.30. The molecule has 1 aromatic heterocycles. The van der Waals surface area contributed by atoms with Gasteiger partial charge in [0.25, 0.3) is 0 Å². The van der Waals surface area contributed by atoms with Gasteiger partial charge >= 0.3 is 0 Å². The molecule has 2 heterocycles. The van der Waals surface area contributed by atoms with Crippen molar-refractivity contribution in [3.8, 4) is 5.75 Å². The second-order valence-electron chi connectivity index (χ2n) is 6.30. The number of morpholine rings is 1. The summed E-state index contributed by atoms with van der Waals surface area (Å²) in [6.45, 7) is 10.1. The summed E-state index contributed by atoms with van der Waals surface area (Å²) in [5.74, 6) is 1.56. The van der Waals surface area contributed by atoms with Gasteiger partial charge in [0.1, 0.15) is 12.4 Å². The number of ether oxygens (including phenoxy) is 2. The van der Waals surface area contributed by atoms with Gasteiger partial charge in [-0.3, -0.25) is 14.9 Å². The van der Waals surface area contributed by atoms with E-state index in [1.807, 2.05) is 12.1 Å². The lowest BCUT2D eigenvalue weighted by molar-refractivity contribution is -0.00834. The summed E-state index contributed by atoms with van der Waals surface area (Å²) in [7, 11) is 1.78. The van der Waals surface area contributed by atoms with Gasteiger partial charge in [0.15, 0.2) is 5.96 Å². The SMILES string of the molecule is CN=C(NCCOc1cccnc1)NCC(C)(C)N1CCOCC1. The summed E-state index contributed by atoms with van der Waals surface area (Å²) in [6, 6.07) is 3.75. The van der Waals surface area contributed by atoms with Crippen molar-refractivity contribution in [1.82, 2.24) is 20.5 Å². The molecule has 0 aliphatic carbocycles. The molecule has 0 radical (unpaired) electrons. The van der Waals surface area contributed by atoms with Gasteiger partial charge in [-0.2, -0.15) is 0 Å². The Labute approximate surface area is 144 Å². The molecular formula is C17H29N5O2. The largest absolute Gasteiger partial charge is 0.490 e. The van der Waals surface area contributed by atoms with E-state index < -0.39 is 0 Å². The third-order valence-corrected chi connectivity index (χ3v) is 4.08. The van der Waals surface area contributed by atoms with Gasteiger partial charge < -0.3 is 20.1 Å². The summed E-state index contributed by atoms with van der Waals surface area (Å²) >= 11 is 0. The molecule has 134 valence electrons. The van der Waals surface area contributed by atoms with E-state index in [4.69, 9.17) is 9.47 Å². The Bertz CT molecular complexity index is 501. The highest BCUT2D eigenvalue weighted by molar-refractivity contribution is 5.79. The fourth-order valence-electron chi connectivity index (χ4n) is 2.57. The van der Waals surface area contributed by atoms with Crippen LogP contribution in [0, 0.1) is 0 Å². The fraction of sp³-hybridized carbons (Fsp3) is 0.647. The number of aromatic nitrogens is 1. The van der Waals surface area contributed by atoms with Crippen LogP contribution < -0.4 is 15.4 Å². The molecule has 1 aromatic rings. The molecule has 7 nitrogen and oxygen atoms in total. The lowest BCUT2D eigenvalue weighted by Crippen LogP contribution is -2.56. The van der Waals surface area contributed by atoms with E-state index in [1.54, 1.807) is 19.4 Å². The summed E-state index contributed by atoms with van der Waals surface area (Å²) in [5, 5.41) is 6.66. The van der Waals surface area contributed by atoms with E-state index in [0.29, 0.717) is 13.2 Å². The maximum Gasteiger partial charge on any atom is 0.191 e. The zero-order valence-corrected chi connectivity index (χ0v) is 14.9. The Hall–Kier alpha value is -1.86. The van der Waals surface area contributed by atoms with Crippen molar-refractivity contribution in [2.75, 3.05) is 53.0 Å². The molecule has 1 fully saturated rings. The molecule has 2 rings (SSSR count). The Morgan fingerprint density at radius 3 is 2.83 bits per heavy atom. The first-order valence-corrected chi connectivity index (χ1v) is 8.42. The Morgan fingerprint density at radius 2 is 2.17 bits per heavy atom. The quantitative estimate of drug-likeness (QED) is 0.435. The molecular weight excluding hydrogens is 306 g/mol. The summed E-state index contributed by atoms with van der Waals surface area (Å²) < 4.78 is 11.0. The van der Waals surface area contributed by atoms with Crippen LogP contribution in [-0.2, 0) is 4.74 Å². The minimum atomic E-state index is 0.0492. The van der Waals surface area contributed by atoms with Gasteiger partial charge in [-0.05, 0) is 26.0 Å². The van der Waals surface area contributed by atoms with Crippen LogP contribution in [0.25, 0.3) is 0 Å². The summed E-state index contributed by atoms with van der Waals surface area (Å²) in [4.78, 5) is 10.7. The van der Waals surface area contributed by atoms with E-state index >= 15 is 0 Å². The normalized spacial score (nSPS) is 16.7. The van der Waals surface area contributed by atoms with Crippen molar-refractivity contribution >= 4 is 5.96 Å². The topological polar surface area (TPSA) is 71.0 Å². The average Bonchev–Trinajstić information content (AvgIpc) is 2.63. The van der Waals surface area contributed by atoms with E-state index in [0.717, 1.165) is 44.6 Å². The smallest absolute Gasteiger partial charge is 0.191 e. The number of guanidine groups is 1. The van der Waals surface area contributed by atoms with Crippen molar-refractivity contribution in [3.63, 3.8) is 0 Å². The van der Waals surface area contributed by atoms with Gasteiger partial charge in [-0.1, -0.05) is 0 Å². The second kappa shape index (κ2) is 9.44. The van der Waals surface area contributed by atoms with Gasteiger partial charge in [0.2, 0.25) is 0 Å². The first-order valence-electron chi connectivity index (χ1n) is 8.42. The minimum Gasteiger partial charge on any atom is -0.490 e. The molecule has 24 heavy (non-hydrogen) atoms. The summed E-state index contributed by atoms with van der Waals surface area (Å²) in [5.41, 5.74) is 0.0492. The molecule has 0 saturated carbocycles. The molecule has 0 spiro atoms. The van der Waals surface area contributed by atoms with Crippen LogP contribution in [0.1, 0.15) is 13.8 Å². The Kier molecular flexibility index (Phi) is 7.27. The van der Waals surface area contributed by atoms with Crippen LogP contribution in [-0.4, -0.2) is 74.4 Å². The van der Waals surface area contributed by atoms with Crippen LogP contribution in [0.2, 0.25) is 0 Å². The standard InChI is InChI=1S/C17H29N5O2/c1-17(2,22-8-11-23-12-9-22)14-21-16(18-3)20-7-10-24-15-5-4-6-19-13-15/h4-6,13H,7-12,14H2,1-3H3,(H2,18,20,21). The maximum absolute atomic E-state index is 5.61. The minimum absolute atomic E-state index is 0.0492. The van der Waals surface area contributed by atoms with Gasteiger partial charge in [0, 0.05) is 38.4 Å². The number of rotatable bonds is 7. The number of nitrogens with one attached hydrogen (secondary N) is 2. The lowest BCUT2D eigenvalue weighted by Gasteiger charge is -2.41. The van der Waals surface area contributed by atoms with Crippen LogP contribution in [0.4, 0.5) is 0 Å². The van der Waals surface area contributed by atoms with Crippen LogP contribution in [0.3, 0.4) is 0 Å². The van der Waals surface area contributed by atoms with Crippen molar-refractivity contribution in [2.24, 2.45) is 4.99 Å². The van der Waals surface area contributed by atoms with E-state index in [2.05, 4.69) is 39.4 Å². The summed E-state index contributed by atoms with van der Waals surface area (Å²) in [6.07, 6.45) is 3.44. The molecule has 1 aliphatic rings. The molecule has 1 saturated heterocycles. The molecule has 0 atom stereocenters. The maximum atomic E-state index is 5.61. The molecule has 2 N–H and O–H groups in total. The van der Waals surface area contributed by atoms with Crippen LogP contribution in [0.5, 0.6) is 5.75 Å². The van der Waals surface area contributed by atoms with Crippen molar-refractivity contribution in [3.05, 3.63) is 24.5 Å². The molecule has 0 bridgehead atoms. The average molecular weight is 335 g/mol. The molecule has 0 aromatic carbocycles. The number of hydrogen-bond acceptors (Lipinski definition) is 5. The fourth-order valence-corrected chi connectivity index (χ4v) is 2.57. The highest BCUT2D eigenvalue weighted by atomic mass is 16.5. The highest BCUT2D eigenvalue weighted by Gasteiger charge is 2.28. The number of nitrogens with zero attached hydrogens (tertiary/aromatic N) is 3. The molecule has 0 unspecified atom stereocenters. The predicted octanol–water partition coefficient (Wildman–Crippen LogP) is 0.736. The highest BCUT2D eigenvalue weighted by Crippen LogP contribution is 2.14. The molecule has 1 aliphatic heterocycles. The Balaban J connectivity index is 1.68. The van der Waals surface area contributed by atoms with E-state index in [-0.39, 0.29) is 5.54 Å². The third-order valence-electron chi connectivity index (χ3n) is 4.08. The van der Waals surface area contributed by atoms with Crippen LogP contribution in [0.15, 0.2) is 29.5 Å². The Morgan fingerprint density at radius 1 is 1.38 bits per heavy atom. The number of aliphatic imine (C=N–C) groups is 1. The van der Waals surface area contributed by atoms with Crippen molar-refractivity contribution in [1.29, 1.82) is 0 Å². The van der Waals surface area contributed by atoms with E-state index in [1.165, 1.54) is 0 Å². The zero-order valence-electron chi connectivity index (χ0n) is 14.9. The van der Waals surface area contributed by atoms with Gasteiger partial charge in [-0.15, -0.1) is 0 Å². The molecule has 0 amide bonds. The molecule has 7 heteroatoms. The lowest BCUT2D eigenvalue weighted by atomic mass is 10.0. The van der Waals surface area contributed by atoms with Crippen molar-refractivity contribution < 1.29 is 9.47 Å². The van der Waals surface area contributed by atoms with Crippen LogP contribution >= 0.6 is 0 Å². The van der Waals surface area contributed by atoms with Gasteiger partial charge in [0.05, 0.1) is 26.0 Å². The first-order chi connectivity index (χ1) is 11.6. The third kappa shape index (κ3) is 5.98.